The van der Waals surface area contributed by atoms with Crippen LogP contribution in [0.5, 0.6) is 0 Å². The predicted octanol–water partition coefficient (Wildman–Crippen LogP) is 4.60. The third-order valence-corrected chi connectivity index (χ3v) is 7.36. The number of hydrogen-bond donors (Lipinski definition) is 3. The Morgan fingerprint density at radius 2 is 1.73 bits per heavy atom. The number of benzene rings is 2. The second kappa shape index (κ2) is 11.5. The van der Waals surface area contributed by atoms with Gasteiger partial charge in [-0.05, 0) is 48.7 Å². The lowest BCUT2D eigenvalue weighted by atomic mass is 9.95. The Balaban J connectivity index is 1.12. The van der Waals surface area contributed by atoms with Crippen LogP contribution in [0.3, 0.4) is 0 Å². The maximum Gasteiger partial charge on any atom is 0.253 e. The topological polar surface area (TPSA) is 131 Å². The van der Waals surface area contributed by atoms with Crippen molar-refractivity contribution in [1.82, 2.24) is 24.5 Å². The smallest absolute Gasteiger partial charge is 0.253 e. The molecule has 1 saturated heterocycles. The van der Waals surface area contributed by atoms with E-state index in [1.807, 2.05) is 88.3 Å². The molecule has 0 unspecified atom stereocenters. The highest BCUT2D eigenvalue weighted by atomic mass is 16.2. The van der Waals surface area contributed by atoms with Crippen molar-refractivity contribution in [3.05, 3.63) is 114 Å². The molecule has 2 amide bonds. The zero-order chi connectivity index (χ0) is 28.2. The van der Waals surface area contributed by atoms with Gasteiger partial charge in [0.2, 0.25) is 0 Å². The van der Waals surface area contributed by atoms with Crippen molar-refractivity contribution in [2.24, 2.45) is 5.73 Å². The van der Waals surface area contributed by atoms with Gasteiger partial charge in [0.15, 0.2) is 5.65 Å². The summed E-state index contributed by atoms with van der Waals surface area (Å²) in [6.45, 7) is 1.82. The van der Waals surface area contributed by atoms with Crippen molar-refractivity contribution in [2.45, 2.75) is 25.3 Å². The van der Waals surface area contributed by atoms with Gasteiger partial charge in [0.25, 0.3) is 11.8 Å². The van der Waals surface area contributed by atoms with E-state index in [2.05, 4.69) is 25.8 Å². The Labute approximate surface area is 237 Å². The van der Waals surface area contributed by atoms with Gasteiger partial charge in [-0.2, -0.15) is 0 Å². The van der Waals surface area contributed by atoms with Gasteiger partial charge in [-0.25, -0.2) is 4.98 Å². The third kappa shape index (κ3) is 5.72. The van der Waals surface area contributed by atoms with E-state index in [0.717, 1.165) is 29.9 Å². The molecule has 10 heteroatoms. The molecular formula is C31H30N8O2. The molecule has 1 aliphatic rings. The number of primary amides is 1. The number of fused-ring (bicyclic) bond motifs is 1. The van der Waals surface area contributed by atoms with Crippen molar-refractivity contribution in [1.29, 1.82) is 0 Å². The number of pyridine rings is 2. The van der Waals surface area contributed by atoms with Crippen LogP contribution < -0.4 is 16.4 Å². The number of nitrogens with one attached hydrogen (secondary N) is 2. The second-order valence-electron chi connectivity index (χ2n) is 10.1. The van der Waals surface area contributed by atoms with Crippen LogP contribution >= 0.6 is 0 Å². The van der Waals surface area contributed by atoms with Crippen LogP contribution in [0, 0.1) is 0 Å². The quantitative estimate of drug-likeness (QED) is 0.259. The lowest BCUT2D eigenvalue weighted by Crippen LogP contribution is -2.38. The number of carbonyl (C=O) groups is 2. The zero-order valence-corrected chi connectivity index (χ0v) is 22.4. The van der Waals surface area contributed by atoms with E-state index in [9.17, 15) is 9.59 Å². The van der Waals surface area contributed by atoms with E-state index in [0.29, 0.717) is 48.0 Å². The van der Waals surface area contributed by atoms with Crippen LogP contribution in [0.25, 0.3) is 5.65 Å². The van der Waals surface area contributed by atoms with Crippen molar-refractivity contribution >= 4 is 34.7 Å². The molecule has 2 aromatic carbocycles. The fourth-order valence-corrected chi connectivity index (χ4v) is 5.20. The molecule has 3 aromatic heterocycles. The Kier molecular flexibility index (Phi) is 7.27. The number of aromatic nitrogens is 4. The number of anilines is 3. The highest BCUT2D eigenvalue weighted by Gasteiger charge is 2.27. The van der Waals surface area contributed by atoms with Crippen LogP contribution in [-0.2, 0) is 6.54 Å². The number of hydrogen-bond acceptors (Lipinski definition) is 7. The number of rotatable bonds is 8. The van der Waals surface area contributed by atoms with E-state index in [-0.39, 0.29) is 11.8 Å². The van der Waals surface area contributed by atoms with Crippen LogP contribution in [-0.4, -0.2) is 49.4 Å². The molecular weight excluding hydrogens is 516 g/mol. The molecule has 0 spiro atoms. The average molecular weight is 547 g/mol. The summed E-state index contributed by atoms with van der Waals surface area (Å²) < 4.78 is 2.03. The van der Waals surface area contributed by atoms with Gasteiger partial charge in [-0.1, -0.05) is 42.5 Å². The summed E-state index contributed by atoms with van der Waals surface area (Å²) in [5.74, 6) is 1.15. The summed E-state index contributed by atoms with van der Waals surface area (Å²) in [6.07, 6.45) is 5.09. The maximum atomic E-state index is 13.4. The monoisotopic (exact) mass is 546 g/mol. The molecule has 0 radical (unpaired) electrons. The number of nitrogens with zero attached hydrogens (tertiary/aromatic N) is 5. The predicted molar refractivity (Wildman–Crippen MR) is 157 cm³/mol. The molecule has 0 saturated carbocycles. The van der Waals surface area contributed by atoms with Crippen molar-refractivity contribution < 1.29 is 9.59 Å². The average Bonchev–Trinajstić information content (AvgIpc) is 3.45. The molecule has 10 nitrogen and oxygen atoms in total. The summed E-state index contributed by atoms with van der Waals surface area (Å²) in [7, 11) is 0. The zero-order valence-electron chi connectivity index (χ0n) is 22.4. The summed E-state index contributed by atoms with van der Waals surface area (Å²) in [5.41, 5.74) is 9.68. The summed E-state index contributed by atoms with van der Waals surface area (Å²) in [4.78, 5) is 31.6. The molecule has 1 aliphatic heterocycles. The molecule has 0 aliphatic carbocycles. The Morgan fingerprint density at radius 3 is 2.54 bits per heavy atom. The molecule has 41 heavy (non-hydrogen) atoms. The van der Waals surface area contributed by atoms with E-state index in [1.165, 1.54) is 6.20 Å². The molecule has 1 fully saturated rings. The minimum absolute atomic E-state index is 0.0135. The first-order valence-electron chi connectivity index (χ1n) is 13.6. The number of nitrogens with two attached hydrogens (primary N) is 1. The summed E-state index contributed by atoms with van der Waals surface area (Å²) in [6, 6.07) is 24.8. The van der Waals surface area contributed by atoms with Crippen LogP contribution in [0.15, 0.2) is 91.3 Å². The number of piperidine rings is 1. The van der Waals surface area contributed by atoms with Gasteiger partial charge in [-0.3, -0.25) is 14.0 Å². The standard InChI is InChI=1S/C31H30N8O2/c32-29(40)25-20-34-27(18-26(25)33-19-21-7-2-1-3-8-21)35-24-10-6-9-23(17-24)31(41)38-15-12-22(13-16-38)30-37-36-28-11-4-5-14-39(28)30/h1-11,14,17-18,20,22H,12-13,15-16,19H2,(H2,32,40)(H2,33,34,35). The second-order valence-corrected chi connectivity index (χ2v) is 10.1. The molecule has 6 rings (SSSR count). The van der Waals surface area contributed by atoms with Gasteiger partial charge >= 0.3 is 0 Å². The largest absolute Gasteiger partial charge is 0.380 e. The van der Waals surface area contributed by atoms with E-state index >= 15 is 0 Å². The number of likely N-dealkylation sites (tertiary alicyclic amines) is 1. The third-order valence-electron chi connectivity index (χ3n) is 7.36. The van der Waals surface area contributed by atoms with Crippen LogP contribution in [0.4, 0.5) is 17.2 Å². The Hall–Kier alpha value is -5.25. The summed E-state index contributed by atoms with van der Waals surface area (Å²) in [5, 5.41) is 15.2. The van der Waals surface area contributed by atoms with Gasteiger partial charge < -0.3 is 21.3 Å². The van der Waals surface area contributed by atoms with E-state index < -0.39 is 5.91 Å². The first-order chi connectivity index (χ1) is 20.0. The van der Waals surface area contributed by atoms with Crippen molar-refractivity contribution in [2.75, 3.05) is 23.7 Å². The molecule has 0 atom stereocenters. The lowest BCUT2D eigenvalue weighted by Gasteiger charge is -2.31. The number of amides is 2. The van der Waals surface area contributed by atoms with Crippen molar-refractivity contribution in [3.63, 3.8) is 0 Å². The fourth-order valence-electron chi connectivity index (χ4n) is 5.20. The SMILES string of the molecule is NC(=O)c1cnc(Nc2cccc(C(=O)N3CCC(c4nnc5ccccn45)CC3)c2)cc1NCc1ccccc1. The minimum Gasteiger partial charge on any atom is -0.380 e. The van der Waals surface area contributed by atoms with Gasteiger partial charge in [0.05, 0.1) is 11.3 Å². The van der Waals surface area contributed by atoms with Crippen LogP contribution in [0.2, 0.25) is 0 Å². The fraction of sp³-hybridized carbons (Fsp3) is 0.194. The van der Waals surface area contributed by atoms with Crippen molar-refractivity contribution in [3.8, 4) is 0 Å². The minimum atomic E-state index is -0.562. The molecule has 4 heterocycles. The molecule has 0 bridgehead atoms. The maximum absolute atomic E-state index is 13.4. The van der Waals surface area contributed by atoms with Gasteiger partial charge in [0, 0.05) is 55.3 Å². The normalized spacial score (nSPS) is 13.7. The number of carbonyl (C=O) groups excluding carboxylic acids is 2. The van der Waals surface area contributed by atoms with E-state index in [1.54, 1.807) is 6.07 Å². The Bertz CT molecular complexity index is 1690. The van der Waals surface area contributed by atoms with Gasteiger partial charge in [-0.15, -0.1) is 10.2 Å². The highest BCUT2D eigenvalue weighted by Crippen LogP contribution is 2.29. The Morgan fingerprint density at radius 1 is 0.927 bits per heavy atom. The first kappa shape index (κ1) is 26.0. The van der Waals surface area contributed by atoms with Gasteiger partial charge in [0.1, 0.15) is 11.6 Å². The van der Waals surface area contributed by atoms with Crippen LogP contribution in [0.1, 0.15) is 50.9 Å². The molecule has 206 valence electrons. The molecule has 5 aromatic rings. The van der Waals surface area contributed by atoms with E-state index in [4.69, 9.17) is 5.73 Å². The lowest BCUT2D eigenvalue weighted by molar-refractivity contribution is 0.0710. The highest BCUT2D eigenvalue weighted by molar-refractivity contribution is 5.99. The summed E-state index contributed by atoms with van der Waals surface area (Å²) >= 11 is 0. The molecule has 4 N–H and O–H groups in total. The first-order valence-corrected chi connectivity index (χ1v) is 13.6.